The molecule has 1 aromatic rings. The van der Waals surface area contributed by atoms with E-state index in [1.807, 2.05) is 7.05 Å². The van der Waals surface area contributed by atoms with Gasteiger partial charge in [0.05, 0.1) is 0 Å². The molecule has 0 aliphatic carbocycles. The molecule has 1 aliphatic heterocycles. The van der Waals surface area contributed by atoms with Gasteiger partial charge in [0, 0.05) is 19.1 Å². The molecule has 18 heavy (non-hydrogen) atoms. The summed E-state index contributed by atoms with van der Waals surface area (Å²) < 4.78 is 0. The molecule has 0 amide bonds. The van der Waals surface area contributed by atoms with E-state index in [-0.39, 0.29) is 0 Å². The van der Waals surface area contributed by atoms with Crippen LogP contribution in [0.3, 0.4) is 0 Å². The van der Waals surface area contributed by atoms with Crippen molar-refractivity contribution in [3.05, 3.63) is 35.4 Å². The first-order valence-electron chi connectivity index (χ1n) is 7.16. The van der Waals surface area contributed by atoms with Crippen LogP contribution in [0.2, 0.25) is 0 Å². The molecular formula is C16H26N2. The largest absolute Gasteiger partial charge is 0.316 e. The smallest absolute Gasteiger partial charge is 0.0239 e. The van der Waals surface area contributed by atoms with E-state index < -0.39 is 0 Å². The summed E-state index contributed by atoms with van der Waals surface area (Å²) in [5.74, 6) is 0.892. The van der Waals surface area contributed by atoms with Crippen molar-refractivity contribution in [1.82, 2.24) is 10.2 Å². The summed E-state index contributed by atoms with van der Waals surface area (Å²) in [6.45, 7) is 8.07. The minimum absolute atomic E-state index is 0.719. The Morgan fingerprint density at radius 1 is 1.22 bits per heavy atom. The van der Waals surface area contributed by atoms with Crippen LogP contribution >= 0.6 is 0 Å². The number of likely N-dealkylation sites (tertiary alicyclic amines) is 1. The van der Waals surface area contributed by atoms with Crippen molar-refractivity contribution in [2.75, 3.05) is 13.6 Å². The summed E-state index contributed by atoms with van der Waals surface area (Å²) in [6, 6.07) is 9.53. The van der Waals surface area contributed by atoms with Gasteiger partial charge in [-0.05, 0) is 50.4 Å². The number of nitrogens with zero attached hydrogens (tertiary/aromatic N) is 1. The molecule has 1 heterocycles. The molecule has 0 saturated carbocycles. The molecule has 0 bridgehead atoms. The van der Waals surface area contributed by atoms with Crippen molar-refractivity contribution in [3.63, 3.8) is 0 Å². The quantitative estimate of drug-likeness (QED) is 0.878. The van der Waals surface area contributed by atoms with Crippen molar-refractivity contribution in [3.8, 4) is 0 Å². The van der Waals surface area contributed by atoms with Gasteiger partial charge in [-0.3, -0.25) is 4.90 Å². The van der Waals surface area contributed by atoms with Crippen LogP contribution < -0.4 is 5.32 Å². The van der Waals surface area contributed by atoms with Crippen molar-refractivity contribution < 1.29 is 0 Å². The van der Waals surface area contributed by atoms with Crippen LogP contribution in [0.5, 0.6) is 0 Å². The molecule has 0 aromatic heterocycles. The van der Waals surface area contributed by atoms with Crippen LogP contribution in [0, 0.1) is 5.92 Å². The van der Waals surface area contributed by atoms with Crippen LogP contribution in [-0.2, 0) is 13.1 Å². The summed E-state index contributed by atoms with van der Waals surface area (Å²) in [6.07, 6.45) is 2.69. The molecule has 2 rings (SSSR count). The topological polar surface area (TPSA) is 15.3 Å². The Bertz CT molecular complexity index is 375. The third-order valence-corrected chi connectivity index (χ3v) is 4.13. The highest BCUT2D eigenvalue weighted by molar-refractivity contribution is 5.27. The predicted octanol–water partition coefficient (Wildman–Crippen LogP) is 3.03. The number of nitrogens with one attached hydrogen (secondary N) is 1. The second-order valence-corrected chi connectivity index (χ2v) is 5.75. The van der Waals surface area contributed by atoms with Crippen LogP contribution in [0.1, 0.15) is 37.8 Å². The molecule has 2 unspecified atom stereocenters. The summed E-state index contributed by atoms with van der Waals surface area (Å²) in [7, 11) is 2.02. The number of piperidine rings is 1. The Morgan fingerprint density at radius 2 is 1.94 bits per heavy atom. The zero-order valence-corrected chi connectivity index (χ0v) is 11.9. The SMILES string of the molecule is CNCc1ccccc1CN1CCC(C)CC1C. The second kappa shape index (κ2) is 6.35. The fraction of sp³-hybridized carbons (Fsp3) is 0.625. The molecule has 2 nitrogen and oxygen atoms in total. The normalized spacial score (nSPS) is 25.3. The van der Waals surface area contributed by atoms with Gasteiger partial charge in [0.1, 0.15) is 0 Å². The van der Waals surface area contributed by atoms with Crippen LogP contribution in [0.4, 0.5) is 0 Å². The van der Waals surface area contributed by atoms with E-state index in [1.165, 1.54) is 30.5 Å². The number of hydrogen-bond acceptors (Lipinski definition) is 2. The maximum Gasteiger partial charge on any atom is 0.0239 e. The molecule has 2 atom stereocenters. The van der Waals surface area contributed by atoms with Crippen LogP contribution in [-0.4, -0.2) is 24.5 Å². The first-order chi connectivity index (χ1) is 8.70. The Kier molecular flexibility index (Phi) is 4.79. The summed E-state index contributed by atoms with van der Waals surface area (Å²) in [5.41, 5.74) is 2.92. The van der Waals surface area contributed by atoms with E-state index >= 15 is 0 Å². The van der Waals surface area contributed by atoms with Gasteiger partial charge in [-0.2, -0.15) is 0 Å². The minimum atomic E-state index is 0.719. The van der Waals surface area contributed by atoms with Gasteiger partial charge in [-0.15, -0.1) is 0 Å². The molecule has 1 saturated heterocycles. The van der Waals surface area contributed by atoms with Gasteiger partial charge in [0.15, 0.2) is 0 Å². The minimum Gasteiger partial charge on any atom is -0.316 e. The molecule has 0 spiro atoms. The van der Waals surface area contributed by atoms with Gasteiger partial charge in [0.2, 0.25) is 0 Å². The highest BCUT2D eigenvalue weighted by atomic mass is 15.2. The van der Waals surface area contributed by atoms with Crippen molar-refractivity contribution in [2.45, 2.75) is 45.8 Å². The summed E-state index contributed by atoms with van der Waals surface area (Å²) in [5, 5.41) is 3.26. The van der Waals surface area contributed by atoms with Gasteiger partial charge in [-0.25, -0.2) is 0 Å². The summed E-state index contributed by atoms with van der Waals surface area (Å²) in [4.78, 5) is 2.63. The van der Waals surface area contributed by atoms with E-state index in [1.54, 1.807) is 0 Å². The van der Waals surface area contributed by atoms with Crippen LogP contribution in [0.15, 0.2) is 24.3 Å². The average Bonchev–Trinajstić information content (AvgIpc) is 2.35. The Morgan fingerprint density at radius 3 is 2.61 bits per heavy atom. The molecular weight excluding hydrogens is 220 g/mol. The number of benzene rings is 1. The standard InChI is InChI=1S/C16H26N2/c1-13-8-9-18(14(2)10-13)12-16-7-5-4-6-15(16)11-17-3/h4-7,13-14,17H,8-12H2,1-3H3. The number of rotatable bonds is 4. The lowest BCUT2D eigenvalue weighted by Crippen LogP contribution is -2.39. The zero-order valence-electron chi connectivity index (χ0n) is 11.9. The van der Waals surface area contributed by atoms with E-state index in [0.29, 0.717) is 0 Å². The zero-order chi connectivity index (χ0) is 13.0. The number of hydrogen-bond donors (Lipinski definition) is 1. The van der Waals surface area contributed by atoms with Crippen molar-refractivity contribution >= 4 is 0 Å². The molecule has 1 N–H and O–H groups in total. The van der Waals surface area contributed by atoms with Gasteiger partial charge in [0.25, 0.3) is 0 Å². The lowest BCUT2D eigenvalue weighted by molar-refractivity contribution is 0.122. The predicted molar refractivity (Wildman–Crippen MR) is 77.5 cm³/mol. The fourth-order valence-electron chi connectivity index (χ4n) is 2.98. The molecule has 100 valence electrons. The Hall–Kier alpha value is -0.860. The monoisotopic (exact) mass is 246 g/mol. The third-order valence-electron chi connectivity index (χ3n) is 4.13. The first kappa shape index (κ1) is 13.6. The maximum atomic E-state index is 3.26. The van der Waals surface area contributed by atoms with E-state index in [0.717, 1.165) is 25.0 Å². The van der Waals surface area contributed by atoms with Crippen molar-refractivity contribution in [1.29, 1.82) is 0 Å². The van der Waals surface area contributed by atoms with Crippen LogP contribution in [0.25, 0.3) is 0 Å². The highest BCUT2D eigenvalue weighted by Crippen LogP contribution is 2.24. The summed E-state index contributed by atoms with van der Waals surface area (Å²) >= 11 is 0. The average molecular weight is 246 g/mol. The molecule has 1 aliphatic rings. The van der Waals surface area contributed by atoms with Crippen molar-refractivity contribution in [2.24, 2.45) is 5.92 Å². The molecule has 2 heteroatoms. The molecule has 1 aromatic carbocycles. The highest BCUT2D eigenvalue weighted by Gasteiger charge is 2.23. The van der Waals surface area contributed by atoms with Gasteiger partial charge < -0.3 is 5.32 Å². The fourth-order valence-corrected chi connectivity index (χ4v) is 2.98. The maximum absolute atomic E-state index is 3.26. The van der Waals surface area contributed by atoms with E-state index in [2.05, 4.69) is 48.3 Å². The molecule has 1 fully saturated rings. The second-order valence-electron chi connectivity index (χ2n) is 5.75. The Balaban J connectivity index is 2.04. The lowest BCUT2D eigenvalue weighted by Gasteiger charge is -2.36. The first-order valence-corrected chi connectivity index (χ1v) is 7.16. The van der Waals surface area contributed by atoms with Gasteiger partial charge in [-0.1, -0.05) is 31.2 Å². The lowest BCUT2D eigenvalue weighted by atomic mass is 9.92. The Labute approximate surface area is 111 Å². The molecule has 0 radical (unpaired) electrons. The third kappa shape index (κ3) is 3.33. The van der Waals surface area contributed by atoms with Gasteiger partial charge >= 0.3 is 0 Å². The van der Waals surface area contributed by atoms with E-state index in [9.17, 15) is 0 Å². The van der Waals surface area contributed by atoms with E-state index in [4.69, 9.17) is 0 Å².